The number of nitrogens with one attached hydrogen (secondary N) is 1. The average molecular weight is 406 g/mol. The van der Waals surface area contributed by atoms with E-state index in [0.717, 1.165) is 0 Å². The number of rotatable bonds is 5. The van der Waals surface area contributed by atoms with Crippen LogP contribution in [0.4, 0.5) is 5.69 Å². The summed E-state index contributed by atoms with van der Waals surface area (Å²) in [5, 5.41) is 2.76. The molecule has 2 aliphatic heterocycles. The molecule has 2 aromatic carbocycles. The van der Waals surface area contributed by atoms with E-state index in [1.165, 1.54) is 4.90 Å². The lowest BCUT2D eigenvalue weighted by atomic mass is 9.93. The second kappa shape index (κ2) is 7.40. The average Bonchev–Trinajstić information content (AvgIpc) is 2.93. The van der Waals surface area contributed by atoms with Crippen LogP contribution < -0.4 is 10.1 Å². The van der Waals surface area contributed by atoms with Gasteiger partial charge >= 0.3 is 0 Å². The monoisotopic (exact) mass is 406 g/mol. The van der Waals surface area contributed by atoms with Crippen LogP contribution in [0.3, 0.4) is 0 Å². The topological polar surface area (TPSA) is 92.8 Å². The Bertz CT molecular complexity index is 1040. The van der Waals surface area contributed by atoms with Crippen molar-refractivity contribution in [3.05, 3.63) is 59.2 Å². The molecule has 7 nitrogen and oxygen atoms in total. The van der Waals surface area contributed by atoms with E-state index in [4.69, 9.17) is 4.74 Å². The third-order valence-corrected chi connectivity index (χ3v) is 5.20. The van der Waals surface area contributed by atoms with Crippen molar-refractivity contribution in [2.24, 2.45) is 0 Å². The first-order chi connectivity index (χ1) is 14.2. The van der Waals surface area contributed by atoms with Gasteiger partial charge in [-0.2, -0.15) is 0 Å². The highest BCUT2D eigenvalue weighted by Crippen LogP contribution is 2.34. The number of fused-ring (bicyclic) bond motifs is 2. The van der Waals surface area contributed by atoms with E-state index < -0.39 is 5.60 Å². The summed E-state index contributed by atoms with van der Waals surface area (Å²) in [6.07, 6.45) is 0.762. The number of imide groups is 1. The zero-order valence-electron chi connectivity index (χ0n) is 16.9. The summed E-state index contributed by atoms with van der Waals surface area (Å²) in [5.41, 5.74) is 1.22. The van der Waals surface area contributed by atoms with Crippen LogP contribution in [-0.2, 0) is 4.79 Å². The number of hydrogen-bond acceptors (Lipinski definition) is 5. The van der Waals surface area contributed by atoms with E-state index in [0.29, 0.717) is 34.5 Å². The molecule has 30 heavy (non-hydrogen) atoms. The Kier molecular flexibility index (Phi) is 4.89. The Hall–Kier alpha value is -3.48. The number of amides is 3. The summed E-state index contributed by atoms with van der Waals surface area (Å²) in [6.45, 7) is 3.89. The van der Waals surface area contributed by atoms with Crippen molar-refractivity contribution in [3.63, 3.8) is 0 Å². The number of Topliss-reactive ketones (excluding diaryl/α,β-unsaturated/α-hetero) is 1. The number of carbonyl (C=O) groups excluding carboxylic acids is 4. The lowest BCUT2D eigenvalue weighted by molar-refractivity contribution is -0.116. The first-order valence-electron chi connectivity index (χ1n) is 9.86. The summed E-state index contributed by atoms with van der Waals surface area (Å²) in [4.78, 5) is 50.5. The minimum absolute atomic E-state index is 0.0250. The molecule has 0 unspecified atom stereocenters. The van der Waals surface area contributed by atoms with Crippen LogP contribution in [0.15, 0.2) is 42.5 Å². The van der Waals surface area contributed by atoms with E-state index in [9.17, 15) is 19.2 Å². The van der Waals surface area contributed by atoms with E-state index in [1.807, 2.05) is 13.8 Å². The Labute approximate surface area is 174 Å². The normalized spacial score (nSPS) is 16.7. The van der Waals surface area contributed by atoms with E-state index in [-0.39, 0.29) is 42.9 Å². The first-order valence-corrected chi connectivity index (χ1v) is 9.86. The molecule has 7 heteroatoms. The van der Waals surface area contributed by atoms with Gasteiger partial charge in [0.25, 0.3) is 11.8 Å². The molecule has 0 aromatic heterocycles. The van der Waals surface area contributed by atoms with Gasteiger partial charge in [0.1, 0.15) is 11.4 Å². The first kappa shape index (κ1) is 19.8. The van der Waals surface area contributed by atoms with Crippen molar-refractivity contribution < 1.29 is 23.9 Å². The molecule has 0 atom stereocenters. The molecule has 0 aliphatic carbocycles. The van der Waals surface area contributed by atoms with Crippen molar-refractivity contribution >= 4 is 29.2 Å². The summed E-state index contributed by atoms with van der Waals surface area (Å²) >= 11 is 0. The van der Waals surface area contributed by atoms with Crippen LogP contribution in [0.25, 0.3) is 0 Å². The SMILES string of the molecule is CC1(C)CC(=O)c2cc(NC(=O)CCCN3C(=O)c4ccccc4C3=O)ccc2O1. The van der Waals surface area contributed by atoms with Crippen LogP contribution in [0.1, 0.15) is 64.2 Å². The van der Waals surface area contributed by atoms with E-state index >= 15 is 0 Å². The smallest absolute Gasteiger partial charge is 0.261 e. The number of hydrogen-bond donors (Lipinski definition) is 1. The highest BCUT2D eigenvalue weighted by atomic mass is 16.5. The minimum Gasteiger partial charge on any atom is -0.487 e. The maximum absolute atomic E-state index is 12.4. The van der Waals surface area contributed by atoms with Crippen molar-refractivity contribution in [3.8, 4) is 5.75 Å². The van der Waals surface area contributed by atoms with E-state index in [1.54, 1.807) is 42.5 Å². The van der Waals surface area contributed by atoms with Crippen molar-refractivity contribution in [1.82, 2.24) is 4.90 Å². The quantitative estimate of drug-likeness (QED) is 0.768. The van der Waals surface area contributed by atoms with Gasteiger partial charge in [-0.15, -0.1) is 0 Å². The molecule has 2 aromatic rings. The maximum Gasteiger partial charge on any atom is 0.261 e. The van der Waals surface area contributed by atoms with Gasteiger partial charge in [-0.05, 0) is 50.6 Å². The molecule has 154 valence electrons. The number of nitrogens with zero attached hydrogens (tertiary/aromatic N) is 1. The summed E-state index contributed by atoms with van der Waals surface area (Å²) < 4.78 is 5.82. The molecule has 3 amide bonds. The second-order valence-electron chi connectivity index (χ2n) is 8.13. The summed E-state index contributed by atoms with van der Waals surface area (Å²) in [6, 6.07) is 11.7. The molecule has 0 saturated heterocycles. The minimum atomic E-state index is -0.543. The highest BCUT2D eigenvalue weighted by Gasteiger charge is 2.35. The van der Waals surface area contributed by atoms with Crippen LogP contribution >= 0.6 is 0 Å². The fourth-order valence-corrected chi connectivity index (χ4v) is 3.79. The van der Waals surface area contributed by atoms with Gasteiger partial charge in [0.2, 0.25) is 5.91 Å². The van der Waals surface area contributed by atoms with Crippen molar-refractivity contribution in [2.75, 3.05) is 11.9 Å². The maximum atomic E-state index is 12.4. The van der Waals surface area contributed by atoms with Gasteiger partial charge < -0.3 is 10.1 Å². The standard InChI is InChI=1S/C23H22N2O5/c1-23(2)13-18(26)17-12-14(9-10-19(17)30-23)24-20(27)8-5-11-25-21(28)15-6-3-4-7-16(15)22(25)29/h3-4,6-7,9-10,12H,5,8,11,13H2,1-2H3,(H,24,27). The number of benzene rings is 2. The Balaban J connectivity index is 1.33. The molecular weight excluding hydrogens is 384 g/mol. The molecular formula is C23H22N2O5. The predicted molar refractivity (Wildman–Crippen MR) is 110 cm³/mol. The molecule has 0 spiro atoms. The highest BCUT2D eigenvalue weighted by molar-refractivity contribution is 6.21. The third kappa shape index (κ3) is 3.70. The van der Waals surface area contributed by atoms with Gasteiger partial charge in [0.05, 0.1) is 23.1 Å². The van der Waals surface area contributed by atoms with Crippen LogP contribution in [0.5, 0.6) is 5.75 Å². The number of ketones is 1. The number of anilines is 1. The molecule has 0 saturated carbocycles. The Morgan fingerprint density at radius 3 is 2.37 bits per heavy atom. The number of ether oxygens (including phenoxy) is 1. The zero-order valence-corrected chi connectivity index (χ0v) is 16.9. The number of carbonyl (C=O) groups is 4. The molecule has 0 radical (unpaired) electrons. The van der Waals surface area contributed by atoms with Gasteiger partial charge in [-0.3, -0.25) is 24.1 Å². The van der Waals surface area contributed by atoms with Gasteiger partial charge in [0.15, 0.2) is 5.78 Å². The fourth-order valence-electron chi connectivity index (χ4n) is 3.79. The van der Waals surface area contributed by atoms with Crippen LogP contribution in [-0.4, -0.2) is 40.6 Å². The van der Waals surface area contributed by atoms with Gasteiger partial charge in [-0.25, -0.2) is 0 Å². The van der Waals surface area contributed by atoms with Crippen molar-refractivity contribution in [1.29, 1.82) is 0 Å². The predicted octanol–water partition coefficient (Wildman–Crippen LogP) is 3.45. The largest absolute Gasteiger partial charge is 0.487 e. The molecule has 1 N–H and O–H groups in total. The summed E-state index contributed by atoms with van der Waals surface area (Å²) in [7, 11) is 0. The van der Waals surface area contributed by atoms with Crippen molar-refractivity contribution in [2.45, 2.75) is 38.7 Å². The lowest BCUT2D eigenvalue weighted by Crippen LogP contribution is -2.35. The third-order valence-electron chi connectivity index (χ3n) is 5.20. The zero-order chi connectivity index (χ0) is 21.5. The molecule has 2 heterocycles. The second-order valence-corrected chi connectivity index (χ2v) is 8.13. The van der Waals surface area contributed by atoms with Gasteiger partial charge in [0, 0.05) is 18.7 Å². The molecule has 4 rings (SSSR count). The lowest BCUT2D eigenvalue weighted by Gasteiger charge is -2.31. The molecule has 0 bridgehead atoms. The molecule has 0 fully saturated rings. The van der Waals surface area contributed by atoms with Gasteiger partial charge in [-0.1, -0.05) is 12.1 Å². The Morgan fingerprint density at radius 1 is 1.03 bits per heavy atom. The Morgan fingerprint density at radius 2 is 1.70 bits per heavy atom. The molecule has 2 aliphatic rings. The fraction of sp³-hybridized carbons (Fsp3) is 0.304. The summed E-state index contributed by atoms with van der Waals surface area (Å²) in [5.74, 6) is -0.418. The van der Waals surface area contributed by atoms with Crippen LogP contribution in [0.2, 0.25) is 0 Å². The van der Waals surface area contributed by atoms with E-state index in [2.05, 4.69) is 5.32 Å². The van der Waals surface area contributed by atoms with Crippen LogP contribution in [0, 0.1) is 0 Å².